The zero-order valence-electron chi connectivity index (χ0n) is 7.06. The van der Waals surface area contributed by atoms with Gasteiger partial charge in [-0.3, -0.25) is 0 Å². The number of hydrogen-bond acceptors (Lipinski definition) is 2. The Balaban J connectivity index is 2.44. The standard InChI is InChI=1S/C8H14F2N2/c1-7-5(11)2-4(3-6(7)12)8(7,9)10/h4-6H,2-3,11-12H2,1H3. The van der Waals surface area contributed by atoms with Crippen molar-refractivity contribution < 1.29 is 8.78 Å². The lowest BCUT2D eigenvalue weighted by Crippen LogP contribution is -2.53. The summed E-state index contributed by atoms with van der Waals surface area (Å²) in [7, 11) is 0. The maximum Gasteiger partial charge on any atom is 0.259 e. The minimum Gasteiger partial charge on any atom is -0.327 e. The summed E-state index contributed by atoms with van der Waals surface area (Å²) in [6.07, 6.45) is 0.856. The number of fused-ring (bicyclic) bond motifs is 2. The van der Waals surface area contributed by atoms with Crippen LogP contribution in [0.1, 0.15) is 19.8 Å². The number of hydrogen-bond donors (Lipinski definition) is 2. The molecule has 4 N–H and O–H groups in total. The smallest absolute Gasteiger partial charge is 0.259 e. The average molecular weight is 176 g/mol. The molecule has 0 aromatic rings. The lowest BCUT2D eigenvalue weighted by atomic mass is 9.77. The predicted molar refractivity (Wildman–Crippen MR) is 41.7 cm³/mol. The maximum atomic E-state index is 13.5. The lowest BCUT2D eigenvalue weighted by Gasteiger charge is -2.35. The largest absolute Gasteiger partial charge is 0.327 e. The van der Waals surface area contributed by atoms with Gasteiger partial charge in [0.25, 0.3) is 5.92 Å². The molecule has 2 rings (SSSR count). The number of halogens is 2. The number of nitrogens with two attached hydrogens (primary N) is 2. The van der Waals surface area contributed by atoms with Crippen LogP contribution in [0.3, 0.4) is 0 Å². The summed E-state index contributed by atoms with van der Waals surface area (Å²) in [6.45, 7) is 1.52. The molecule has 2 bridgehead atoms. The van der Waals surface area contributed by atoms with E-state index in [1.807, 2.05) is 0 Å². The van der Waals surface area contributed by atoms with Crippen LogP contribution in [0.25, 0.3) is 0 Å². The highest BCUT2D eigenvalue weighted by Gasteiger charge is 2.71. The minimum atomic E-state index is -2.65. The van der Waals surface area contributed by atoms with Crippen LogP contribution >= 0.6 is 0 Å². The zero-order chi connectivity index (χ0) is 9.15. The Morgan fingerprint density at radius 1 is 1.17 bits per heavy atom. The molecule has 0 aromatic carbocycles. The first-order valence-electron chi connectivity index (χ1n) is 4.29. The molecule has 70 valence electrons. The maximum absolute atomic E-state index is 13.5. The summed E-state index contributed by atoms with van der Waals surface area (Å²) in [6, 6.07) is -0.859. The third kappa shape index (κ3) is 0.623. The van der Waals surface area contributed by atoms with E-state index in [0.29, 0.717) is 12.8 Å². The van der Waals surface area contributed by atoms with E-state index in [9.17, 15) is 8.78 Å². The molecule has 12 heavy (non-hydrogen) atoms. The molecule has 0 aliphatic heterocycles. The van der Waals surface area contributed by atoms with Crippen LogP contribution in [0.15, 0.2) is 0 Å². The molecule has 2 nitrogen and oxygen atoms in total. The van der Waals surface area contributed by atoms with Crippen LogP contribution in [-0.4, -0.2) is 18.0 Å². The number of alkyl halides is 2. The van der Waals surface area contributed by atoms with Crippen LogP contribution in [-0.2, 0) is 0 Å². The molecule has 2 saturated carbocycles. The molecule has 0 radical (unpaired) electrons. The van der Waals surface area contributed by atoms with Gasteiger partial charge in [0.15, 0.2) is 0 Å². The molecule has 2 fully saturated rings. The Bertz CT molecular complexity index is 205. The topological polar surface area (TPSA) is 52.0 Å². The van der Waals surface area contributed by atoms with E-state index in [1.54, 1.807) is 0 Å². The molecular formula is C8H14F2N2. The van der Waals surface area contributed by atoms with E-state index < -0.39 is 29.3 Å². The highest BCUT2D eigenvalue weighted by molar-refractivity contribution is 5.18. The summed E-state index contributed by atoms with van der Waals surface area (Å²) in [5, 5.41) is 0. The van der Waals surface area contributed by atoms with Crippen molar-refractivity contribution in [2.45, 2.75) is 37.8 Å². The fraction of sp³-hybridized carbons (Fsp3) is 1.00. The Kier molecular flexibility index (Phi) is 1.39. The summed E-state index contributed by atoms with van der Waals surface area (Å²) in [5.74, 6) is -3.22. The van der Waals surface area contributed by atoms with Gasteiger partial charge < -0.3 is 11.5 Å². The predicted octanol–water partition coefficient (Wildman–Crippen LogP) is 0.706. The van der Waals surface area contributed by atoms with Gasteiger partial charge in [-0.05, 0) is 12.8 Å². The van der Waals surface area contributed by atoms with Crippen molar-refractivity contribution in [2.75, 3.05) is 0 Å². The molecular weight excluding hydrogens is 162 g/mol. The average Bonchev–Trinajstić information content (AvgIpc) is 2.20. The zero-order valence-corrected chi connectivity index (χ0v) is 7.06. The Morgan fingerprint density at radius 3 is 1.75 bits per heavy atom. The van der Waals surface area contributed by atoms with Gasteiger partial charge in [0.2, 0.25) is 0 Å². The number of rotatable bonds is 0. The fourth-order valence-electron chi connectivity index (χ4n) is 2.70. The van der Waals surface area contributed by atoms with Gasteiger partial charge in [0.05, 0.1) is 5.41 Å². The van der Waals surface area contributed by atoms with E-state index >= 15 is 0 Å². The van der Waals surface area contributed by atoms with Gasteiger partial charge in [-0.25, -0.2) is 8.78 Å². The quantitative estimate of drug-likeness (QED) is 0.571. The van der Waals surface area contributed by atoms with E-state index in [0.717, 1.165) is 0 Å². The molecule has 2 unspecified atom stereocenters. The molecule has 2 aliphatic carbocycles. The van der Waals surface area contributed by atoms with Crippen LogP contribution in [0, 0.1) is 11.3 Å². The van der Waals surface area contributed by atoms with Gasteiger partial charge in [-0.15, -0.1) is 0 Å². The second-order valence-electron chi connectivity index (χ2n) is 4.29. The summed E-state index contributed by atoms with van der Waals surface area (Å²) in [4.78, 5) is 0. The normalized spacial score (nSPS) is 56.2. The highest BCUT2D eigenvalue weighted by Crippen LogP contribution is 2.61. The van der Waals surface area contributed by atoms with Crippen molar-refractivity contribution in [3.8, 4) is 0 Å². The van der Waals surface area contributed by atoms with Gasteiger partial charge >= 0.3 is 0 Å². The monoisotopic (exact) mass is 176 g/mol. The first kappa shape index (κ1) is 8.38. The summed E-state index contributed by atoms with van der Waals surface area (Å²) >= 11 is 0. The van der Waals surface area contributed by atoms with Crippen molar-refractivity contribution in [3.05, 3.63) is 0 Å². The molecule has 0 saturated heterocycles. The van der Waals surface area contributed by atoms with Gasteiger partial charge in [-0.1, -0.05) is 6.92 Å². The Labute approximate surface area is 70.3 Å². The van der Waals surface area contributed by atoms with Crippen LogP contribution in [0.5, 0.6) is 0 Å². The van der Waals surface area contributed by atoms with Crippen molar-refractivity contribution >= 4 is 0 Å². The second-order valence-corrected chi connectivity index (χ2v) is 4.29. The van der Waals surface area contributed by atoms with Crippen molar-refractivity contribution in [1.29, 1.82) is 0 Å². The van der Waals surface area contributed by atoms with Gasteiger partial charge in [0.1, 0.15) is 0 Å². The van der Waals surface area contributed by atoms with Crippen LogP contribution in [0.4, 0.5) is 8.78 Å². The molecule has 0 aromatic heterocycles. The van der Waals surface area contributed by atoms with Crippen LogP contribution in [0.2, 0.25) is 0 Å². The first-order chi connectivity index (χ1) is 5.40. The highest BCUT2D eigenvalue weighted by atomic mass is 19.3. The van der Waals surface area contributed by atoms with Gasteiger partial charge in [0, 0.05) is 18.0 Å². The molecule has 0 amide bonds. The molecule has 0 heterocycles. The molecule has 2 aliphatic rings. The third-order valence-corrected chi connectivity index (χ3v) is 3.85. The van der Waals surface area contributed by atoms with Gasteiger partial charge in [-0.2, -0.15) is 0 Å². The van der Waals surface area contributed by atoms with E-state index in [4.69, 9.17) is 11.5 Å². The van der Waals surface area contributed by atoms with E-state index in [-0.39, 0.29) is 0 Å². The minimum absolute atomic E-state index is 0.428. The van der Waals surface area contributed by atoms with E-state index in [1.165, 1.54) is 6.92 Å². The summed E-state index contributed by atoms with van der Waals surface area (Å²) < 4.78 is 27.0. The summed E-state index contributed by atoms with van der Waals surface area (Å²) in [5.41, 5.74) is 10.2. The van der Waals surface area contributed by atoms with Crippen molar-refractivity contribution in [2.24, 2.45) is 22.8 Å². The van der Waals surface area contributed by atoms with Crippen LogP contribution < -0.4 is 11.5 Å². The molecule has 4 heteroatoms. The SMILES string of the molecule is CC12C(N)CC(CC1N)C2(F)F. The fourth-order valence-corrected chi connectivity index (χ4v) is 2.70. The molecule has 0 spiro atoms. The molecule has 2 atom stereocenters. The third-order valence-electron chi connectivity index (χ3n) is 3.85. The van der Waals surface area contributed by atoms with Crippen molar-refractivity contribution in [3.63, 3.8) is 0 Å². The second kappa shape index (κ2) is 1.99. The Hall–Kier alpha value is -0.220. The van der Waals surface area contributed by atoms with E-state index in [2.05, 4.69) is 0 Å². The van der Waals surface area contributed by atoms with Crippen molar-refractivity contribution in [1.82, 2.24) is 0 Å². The lowest BCUT2D eigenvalue weighted by molar-refractivity contribution is -0.0953. The first-order valence-corrected chi connectivity index (χ1v) is 4.29. The Morgan fingerprint density at radius 2 is 1.58 bits per heavy atom.